The lowest BCUT2D eigenvalue weighted by Gasteiger charge is -2.12. The van der Waals surface area contributed by atoms with Gasteiger partial charge in [0.2, 0.25) is 5.91 Å². The van der Waals surface area contributed by atoms with Gasteiger partial charge in [-0.1, -0.05) is 13.0 Å². The summed E-state index contributed by atoms with van der Waals surface area (Å²) in [6.07, 6.45) is 6.26. The molecule has 4 nitrogen and oxygen atoms in total. The molecule has 20 heavy (non-hydrogen) atoms. The lowest BCUT2D eigenvalue weighted by Crippen LogP contribution is -2.24. The van der Waals surface area contributed by atoms with Crippen molar-refractivity contribution in [2.24, 2.45) is 0 Å². The van der Waals surface area contributed by atoms with Gasteiger partial charge in [-0.15, -0.1) is 0 Å². The Kier molecular flexibility index (Phi) is 3.72. The largest absolute Gasteiger partial charge is 0.443 e. The average molecular weight is 272 g/mol. The van der Waals surface area contributed by atoms with Crippen LogP contribution in [0.15, 0.2) is 22.9 Å². The molecule has 0 saturated carbocycles. The van der Waals surface area contributed by atoms with Crippen molar-refractivity contribution in [3.8, 4) is 0 Å². The van der Waals surface area contributed by atoms with E-state index in [0.29, 0.717) is 12.3 Å². The predicted molar refractivity (Wildman–Crippen MR) is 77.6 cm³/mol. The maximum absolute atomic E-state index is 11.5. The number of carbonyl (C=O) groups excluding carboxylic acids is 1. The number of amides is 1. The van der Waals surface area contributed by atoms with E-state index in [0.717, 1.165) is 43.3 Å². The lowest BCUT2D eigenvalue weighted by molar-refractivity contribution is -0.121. The fourth-order valence-corrected chi connectivity index (χ4v) is 3.13. The van der Waals surface area contributed by atoms with Crippen molar-refractivity contribution in [3.63, 3.8) is 0 Å². The van der Waals surface area contributed by atoms with Crippen LogP contribution >= 0.6 is 0 Å². The van der Waals surface area contributed by atoms with Gasteiger partial charge in [0.15, 0.2) is 12.0 Å². The number of aryl methyl sites for hydroxylation is 1. The summed E-state index contributed by atoms with van der Waals surface area (Å²) in [5, 5.41) is 3.00. The third-order valence-electron chi connectivity index (χ3n) is 4.09. The molecule has 1 N–H and O–H groups in total. The topological polar surface area (TPSA) is 55.1 Å². The van der Waals surface area contributed by atoms with Crippen LogP contribution in [0.3, 0.4) is 0 Å². The lowest BCUT2D eigenvalue weighted by atomic mass is 9.96. The first-order chi connectivity index (χ1) is 9.79. The zero-order valence-electron chi connectivity index (χ0n) is 11.8. The third-order valence-corrected chi connectivity index (χ3v) is 4.09. The molecule has 1 aromatic heterocycles. The molecule has 1 atom stereocenters. The van der Waals surface area contributed by atoms with Crippen LogP contribution in [0.5, 0.6) is 0 Å². The first-order valence-corrected chi connectivity index (χ1v) is 7.41. The summed E-state index contributed by atoms with van der Waals surface area (Å²) in [4.78, 5) is 15.9. The van der Waals surface area contributed by atoms with Gasteiger partial charge in [0, 0.05) is 13.0 Å². The maximum atomic E-state index is 11.5. The monoisotopic (exact) mass is 272 g/mol. The molecule has 1 aromatic carbocycles. The highest BCUT2D eigenvalue weighted by atomic mass is 16.3. The van der Waals surface area contributed by atoms with Crippen LogP contribution in [0.1, 0.15) is 49.7 Å². The number of benzene rings is 1. The van der Waals surface area contributed by atoms with Gasteiger partial charge >= 0.3 is 0 Å². The van der Waals surface area contributed by atoms with Crippen LogP contribution in [0.4, 0.5) is 0 Å². The van der Waals surface area contributed by atoms with E-state index in [1.807, 2.05) is 13.0 Å². The maximum Gasteiger partial charge on any atom is 0.219 e. The average Bonchev–Trinajstić information content (AvgIpc) is 3.04. The van der Waals surface area contributed by atoms with Gasteiger partial charge < -0.3 is 9.73 Å². The highest BCUT2D eigenvalue weighted by Crippen LogP contribution is 2.39. The van der Waals surface area contributed by atoms with Crippen LogP contribution in [0.25, 0.3) is 11.1 Å². The van der Waals surface area contributed by atoms with Crippen molar-refractivity contribution in [1.82, 2.24) is 10.3 Å². The Morgan fingerprint density at radius 1 is 1.50 bits per heavy atom. The number of oxazole rings is 1. The highest BCUT2D eigenvalue weighted by molar-refractivity contribution is 5.79. The van der Waals surface area contributed by atoms with E-state index in [1.54, 1.807) is 0 Å². The van der Waals surface area contributed by atoms with E-state index < -0.39 is 0 Å². The first kappa shape index (κ1) is 13.2. The van der Waals surface area contributed by atoms with Gasteiger partial charge in [0.25, 0.3) is 0 Å². The summed E-state index contributed by atoms with van der Waals surface area (Å²) in [5.74, 6) is 0.645. The second kappa shape index (κ2) is 5.65. The van der Waals surface area contributed by atoms with Crippen molar-refractivity contribution in [2.75, 3.05) is 6.54 Å². The summed E-state index contributed by atoms with van der Waals surface area (Å²) >= 11 is 0. The van der Waals surface area contributed by atoms with E-state index in [4.69, 9.17) is 4.42 Å². The van der Waals surface area contributed by atoms with Crippen LogP contribution in [0.2, 0.25) is 0 Å². The molecule has 0 spiro atoms. The van der Waals surface area contributed by atoms with Crippen molar-refractivity contribution in [3.05, 3.63) is 29.7 Å². The summed E-state index contributed by atoms with van der Waals surface area (Å²) in [6, 6.07) is 4.16. The van der Waals surface area contributed by atoms with E-state index in [-0.39, 0.29) is 5.91 Å². The normalized spacial score (nSPS) is 17.4. The smallest absolute Gasteiger partial charge is 0.219 e. The Labute approximate surface area is 118 Å². The van der Waals surface area contributed by atoms with Crippen molar-refractivity contribution < 1.29 is 9.21 Å². The Bertz CT molecular complexity index is 618. The summed E-state index contributed by atoms with van der Waals surface area (Å²) in [6.45, 7) is 2.77. The minimum atomic E-state index is 0.158. The van der Waals surface area contributed by atoms with Crippen molar-refractivity contribution in [1.29, 1.82) is 0 Å². The van der Waals surface area contributed by atoms with E-state index in [2.05, 4.69) is 16.4 Å². The molecular formula is C16H20N2O2. The molecule has 0 radical (unpaired) electrons. The van der Waals surface area contributed by atoms with E-state index in [9.17, 15) is 4.79 Å². The minimum absolute atomic E-state index is 0.158. The molecule has 1 aliphatic carbocycles. The number of carbonyl (C=O) groups is 1. The molecule has 1 unspecified atom stereocenters. The Morgan fingerprint density at radius 3 is 3.25 bits per heavy atom. The second-order valence-corrected chi connectivity index (χ2v) is 5.46. The molecule has 0 fully saturated rings. The third kappa shape index (κ3) is 2.42. The summed E-state index contributed by atoms with van der Waals surface area (Å²) in [7, 11) is 0. The minimum Gasteiger partial charge on any atom is -0.443 e. The van der Waals surface area contributed by atoms with Crippen LogP contribution < -0.4 is 5.32 Å². The van der Waals surface area contributed by atoms with E-state index >= 15 is 0 Å². The summed E-state index contributed by atoms with van der Waals surface area (Å²) < 4.78 is 5.39. The quantitative estimate of drug-likeness (QED) is 0.909. The van der Waals surface area contributed by atoms with Gasteiger partial charge in [-0.2, -0.15) is 0 Å². The van der Waals surface area contributed by atoms with Crippen LogP contribution in [0, 0.1) is 0 Å². The standard InChI is InChI=1S/C16H20N2O2/c1-2-3-14(19)17-9-8-12-5-4-11-6-7-13-16(15(11)12)18-10-20-13/h6-7,10,12H,2-5,8-9H2,1H3,(H,17,19). The SMILES string of the molecule is CCCC(=O)NCCC1CCc2ccc3ocnc3c21. The van der Waals surface area contributed by atoms with Gasteiger partial charge in [-0.25, -0.2) is 4.98 Å². The number of fused-ring (bicyclic) bond motifs is 3. The molecule has 0 bridgehead atoms. The van der Waals surface area contributed by atoms with Gasteiger partial charge in [-0.05, 0) is 48.8 Å². The molecule has 1 amide bonds. The Hall–Kier alpha value is -1.84. The Morgan fingerprint density at radius 2 is 2.40 bits per heavy atom. The van der Waals surface area contributed by atoms with Crippen molar-refractivity contribution in [2.45, 2.75) is 44.9 Å². The number of rotatable bonds is 5. The molecule has 0 saturated heterocycles. The molecule has 4 heteroatoms. The number of nitrogens with one attached hydrogen (secondary N) is 1. The van der Waals surface area contributed by atoms with Gasteiger partial charge in [0.05, 0.1) is 0 Å². The van der Waals surface area contributed by atoms with Crippen molar-refractivity contribution >= 4 is 17.0 Å². The number of hydrogen-bond donors (Lipinski definition) is 1. The zero-order chi connectivity index (χ0) is 13.9. The first-order valence-electron chi connectivity index (χ1n) is 7.41. The molecular weight excluding hydrogens is 252 g/mol. The summed E-state index contributed by atoms with van der Waals surface area (Å²) in [5.41, 5.74) is 4.59. The molecule has 1 heterocycles. The zero-order valence-corrected chi connectivity index (χ0v) is 11.8. The van der Waals surface area contributed by atoms with Gasteiger partial charge in [-0.3, -0.25) is 4.79 Å². The molecule has 2 aromatic rings. The Balaban J connectivity index is 1.69. The van der Waals surface area contributed by atoms with Crippen LogP contribution in [-0.4, -0.2) is 17.4 Å². The molecule has 106 valence electrons. The number of hydrogen-bond acceptors (Lipinski definition) is 3. The molecule has 0 aliphatic heterocycles. The van der Waals surface area contributed by atoms with Gasteiger partial charge in [0.1, 0.15) is 5.52 Å². The predicted octanol–water partition coefficient (Wildman–Crippen LogP) is 3.16. The number of nitrogens with zero attached hydrogens (tertiary/aromatic N) is 1. The van der Waals surface area contributed by atoms with Crippen LogP contribution in [-0.2, 0) is 11.2 Å². The molecule has 3 rings (SSSR count). The fraction of sp³-hybridized carbons (Fsp3) is 0.500. The number of aromatic nitrogens is 1. The van der Waals surface area contributed by atoms with E-state index in [1.165, 1.54) is 17.5 Å². The fourth-order valence-electron chi connectivity index (χ4n) is 3.13. The molecule has 1 aliphatic rings. The second-order valence-electron chi connectivity index (χ2n) is 5.46. The highest BCUT2D eigenvalue weighted by Gasteiger charge is 2.26.